The van der Waals surface area contributed by atoms with E-state index in [4.69, 9.17) is 19.4 Å². The van der Waals surface area contributed by atoms with E-state index in [1.807, 2.05) is 30.3 Å². The highest BCUT2D eigenvalue weighted by molar-refractivity contribution is 7.59. The molecular weight excluding hydrogens is 380 g/mol. The van der Waals surface area contributed by atoms with Gasteiger partial charge in [0, 0.05) is 31.3 Å². The van der Waals surface area contributed by atoms with Crippen LogP contribution in [0.3, 0.4) is 0 Å². The Labute approximate surface area is 171 Å². The van der Waals surface area contributed by atoms with Crippen molar-refractivity contribution in [2.45, 2.75) is 19.1 Å². The van der Waals surface area contributed by atoms with Gasteiger partial charge in [-0.1, -0.05) is 18.2 Å². The van der Waals surface area contributed by atoms with E-state index in [1.54, 1.807) is 31.8 Å². The highest BCUT2D eigenvalue weighted by Crippen LogP contribution is 2.28. The summed E-state index contributed by atoms with van der Waals surface area (Å²) in [5.74, 6) is 0.912. The number of hydrogen-bond donors (Lipinski definition) is 2. The Hall–Kier alpha value is -2.26. The summed E-state index contributed by atoms with van der Waals surface area (Å²) >= 11 is 0. The molecule has 28 heavy (non-hydrogen) atoms. The Morgan fingerprint density at radius 1 is 1.25 bits per heavy atom. The van der Waals surface area contributed by atoms with Gasteiger partial charge in [-0.05, 0) is 29.8 Å². The zero-order valence-corrected chi connectivity index (χ0v) is 17.0. The third-order valence-electron chi connectivity index (χ3n) is 4.66. The maximum atomic E-state index is 11.7. The highest BCUT2D eigenvalue weighted by Gasteiger charge is 2.25. The number of methoxy groups -OCH3 is 2. The largest absolute Gasteiger partial charge is 0.497 e. The number of benzene rings is 2. The molecular formula is C20H26N2O5S. The number of hydroxylamine groups is 1. The normalized spacial score (nSPS) is 16.2. The molecule has 1 amide bonds. The van der Waals surface area contributed by atoms with Crippen molar-refractivity contribution in [3.8, 4) is 11.5 Å². The summed E-state index contributed by atoms with van der Waals surface area (Å²) in [6.07, 6.45) is 0. The molecule has 0 saturated carbocycles. The van der Waals surface area contributed by atoms with Gasteiger partial charge in [0.1, 0.15) is 18.1 Å². The van der Waals surface area contributed by atoms with E-state index < -0.39 is 5.91 Å². The molecule has 2 N–H and O–H groups in total. The molecule has 0 saturated heterocycles. The lowest BCUT2D eigenvalue weighted by atomic mass is 10.1. The first kappa shape index (κ1) is 22.0. The Balaban J connectivity index is 0.00000280. The average molecular weight is 407 g/mol. The summed E-state index contributed by atoms with van der Waals surface area (Å²) < 4.78 is 16.6. The fraction of sp³-hybridized carbons (Fsp3) is 0.350. The number of hydrogen-bond acceptors (Lipinski definition) is 6. The van der Waals surface area contributed by atoms with Crippen molar-refractivity contribution in [1.29, 1.82) is 0 Å². The second-order valence-electron chi connectivity index (χ2n) is 6.44. The van der Waals surface area contributed by atoms with E-state index in [0.29, 0.717) is 31.1 Å². The van der Waals surface area contributed by atoms with Crippen LogP contribution in [0.1, 0.15) is 21.5 Å². The van der Waals surface area contributed by atoms with Gasteiger partial charge >= 0.3 is 0 Å². The number of carbonyl (C=O) groups is 1. The smallest absolute Gasteiger partial charge is 0.274 e. The van der Waals surface area contributed by atoms with Crippen LogP contribution in [0.25, 0.3) is 0 Å². The molecule has 152 valence electrons. The fourth-order valence-corrected chi connectivity index (χ4v) is 3.16. The van der Waals surface area contributed by atoms with Crippen LogP contribution in [0.4, 0.5) is 0 Å². The second kappa shape index (κ2) is 10.3. The molecule has 2 aromatic carbocycles. The summed E-state index contributed by atoms with van der Waals surface area (Å²) in [6, 6.07) is 13.2. The van der Waals surface area contributed by atoms with E-state index in [-0.39, 0.29) is 19.5 Å². The molecule has 0 aliphatic carbocycles. The zero-order valence-electron chi connectivity index (χ0n) is 16.0. The van der Waals surface area contributed by atoms with Crippen molar-refractivity contribution in [3.63, 3.8) is 0 Å². The Morgan fingerprint density at radius 3 is 2.64 bits per heavy atom. The van der Waals surface area contributed by atoms with Crippen LogP contribution in [-0.4, -0.2) is 49.5 Å². The van der Waals surface area contributed by atoms with Gasteiger partial charge in [-0.15, -0.1) is 0 Å². The summed E-state index contributed by atoms with van der Waals surface area (Å²) in [6.45, 7) is 2.38. The van der Waals surface area contributed by atoms with Crippen molar-refractivity contribution in [2.75, 3.05) is 27.4 Å². The van der Waals surface area contributed by atoms with E-state index >= 15 is 0 Å². The molecule has 3 rings (SSSR count). The molecule has 8 heteroatoms. The van der Waals surface area contributed by atoms with Crippen LogP contribution in [0.5, 0.6) is 11.5 Å². The molecule has 1 aliphatic rings. The van der Waals surface area contributed by atoms with E-state index in [0.717, 1.165) is 23.4 Å². The van der Waals surface area contributed by atoms with E-state index in [2.05, 4.69) is 4.90 Å². The number of nitrogens with zero attached hydrogens (tertiary/aromatic N) is 1. The van der Waals surface area contributed by atoms with Crippen LogP contribution in [-0.2, 0) is 17.8 Å². The van der Waals surface area contributed by atoms with Crippen LogP contribution in [0.2, 0.25) is 0 Å². The lowest BCUT2D eigenvalue weighted by Crippen LogP contribution is -2.40. The molecule has 1 atom stereocenters. The third kappa shape index (κ3) is 5.17. The molecule has 7 nitrogen and oxygen atoms in total. The predicted molar refractivity (Wildman–Crippen MR) is 109 cm³/mol. The minimum atomic E-state index is -0.561. The van der Waals surface area contributed by atoms with Gasteiger partial charge in [0.2, 0.25) is 0 Å². The SMILES string of the molecule is COC[C@H]1COc2cc(C(=O)NO)ccc2CN1Cc1ccc(OC)cc1.S. The molecule has 0 spiro atoms. The van der Waals surface area contributed by atoms with Crippen molar-refractivity contribution in [1.82, 2.24) is 10.4 Å². The maximum Gasteiger partial charge on any atom is 0.274 e. The van der Waals surface area contributed by atoms with Gasteiger partial charge in [-0.2, -0.15) is 13.5 Å². The molecule has 0 radical (unpaired) electrons. The molecule has 0 fully saturated rings. The summed E-state index contributed by atoms with van der Waals surface area (Å²) in [5.41, 5.74) is 4.15. The number of amides is 1. The van der Waals surface area contributed by atoms with Gasteiger partial charge in [-0.25, -0.2) is 5.48 Å². The minimum Gasteiger partial charge on any atom is -0.497 e. The summed E-state index contributed by atoms with van der Waals surface area (Å²) in [5, 5.41) is 8.83. The van der Waals surface area contributed by atoms with Gasteiger partial charge < -0.3 is 14.2 Å². The first-order chi connectivity index (χ1) is 13.1. The maximum absolute atomic E-state index is 11.7. The van der Waals surface area contributed by atoms with Crippen molar-refractivity contribution in [3.05, 3.63) is 59.2 Å². The van der Waals surface area contributed by atoms with Gasteiger partial charge in [0.05, 0.1) is 19.8 Å². The lowest BCUT2D eigenvalue weighted by Gasteiger charge is -2.28. The second-order valence-corrected chi connectivity index (χ2v) is 6.44. The average Bonchev–Trinajstić information content (AvgIpc) is 2.87. The number of fused-ring (bicyclic) bond motifs is 1. The predicted octanol–water partition coefficient (Wildman–Crippen LogP) is 2.34. The Kier molecular flexibility index (Phi) is 8.13. The van der Waals surface area contributed by atoms with Crippen LogP contribution < -0.4 is 15.0 Å². The molecule has 0 unspecified atom stereocenters. The van der Waals surface area contributed by atoms with E-state index in [9.17, 15) is 4.79 Å². The van der Waals surface area contributed by atoms with E-state index in [1.165, 1.54) is 0 Å². The van der Waals surface area contributed by atoms with Crippen molar-refractivity contribution < 1.29 is 24.2 Å². The fourth-order valence-electron chi connectivity index (χ4n) is 3.16. The van der Waals surface area contributed by atoms with Crippen LogP contribution in [0, 0.1) is 0 Å². The number of ether oxygens (including phenoxy) is 3. The van der Waals surface area contributed by atoms with Crippen molar-refractivity contribution >= 4 is 19.4 Å². The van der Waals surface area contributed by atoms with Gasteiger partial charge in [-0.3, -0.25) is 14.9 Å². The number of nitrogens with one attached hydrogen (secondary N) is 1. The van der Waals surface area contributed by atoms with Crippen molar-refractivity contribution in [2.24, 2.45) is 0 Å². The van der Waals surface area contributed by atoms with Crippen LogP contribution in [0.15, 0.2) is 42.5 Å². The minimum absolute atomic E-state index is 0. The monoisotopic (exact) mass is 406 g/mol. The highest BCUT2D eigenvalue weighted by atomic mass is 32.1. The molecule has 0 bridgehead atoms. The first-order valence-electron chi connectivity index (χ1n) is 8.70. The number of rotatable bonds is 6. The Bertz CT molecular complexity index is 785. The third-order valence-corrected chi connectivity index (χ3v) is 4.66. The summed E-state index contributed by atoms with van der Waals surface area (Å²) in [4.78, 5) is 13.9. The van der Waals surface area contributed by atoms with Gasteiger partial charge in [0.15, 0.2) is 0 Å². The molecule has 1 aliphatic heterocycles. The quantitative estimate of drug-likeness (QED) is 0.566. The molecule has 2 aromatic rings. The van der Waals surface area contributed by atoms with Gasteiger partial charge in [0.25, 0.3) is 5.91 Å². The lowest BCUT2D eigenvalue weighted by molar-refractivity contribution is 0.0594. The standard InChI is InChI=1S/C20H24N2O5.H2S/c1-25-12-17-13-27-19-9-15(20(23)21-24)5-6-16(19)11-22(17)10-14-3-7-18(26-2)8-4-14;/h3-9,17,24H,10-13H2,1-2H3,(H,21,23);1H2/t17-;/m0./s1. The number of carbonyl (C=O) groups excluding carboxylic acids is 1. The molecule has 1 heterocycles. The van der Waals surface area contributed by atoms with Crippen LogP contribution >= 0.6 is 13.5 Å². The first-order valence-corrected chi connectivity index (χ1v) is 8.70. The summed E-state index contributed by atoms with van der Waals surface area (Å²) in [7, 11) is 3.32. The zero-order chi connectivity index (χ0) is 19.2. The Morgan fingerprint density at radius 2 is 2.00 bits per heavy atom. The molecule has 0 aromatic heterocycles. The topological polar surface area (TPSA) is 80.3 Å².